The summed E-state index contributed by atoms with van der Waals surface area (Å²) in [6, 6.07) is 0. The van der Waals surface area contributed by atoms with Gasteiger partial charge in [-0.2, -0.15) is 0 Å². The molecular formula is C19H35N3O4. The van der Waals surface area contributed by atoms with Gasteiger partial charge in [0.2, 0.25) is 0 Å². The molecule has 0 radical (unpaired) electrons. The van der Waals surface area contributed by atoms with Crippen LogP contribution in [-0.4, -0.2) is 60.4 Å². The highest BCUT2D eigenvalue weighted by atomic mass is 16.5. The molecule has 0 aliphatic rings. The van der Waals surface area contributed by atoms with Crippen LogP contribution in [0.3, 0.4) is 0 Å². The molecule has 0 fully saturated rings. The average molecular weight is 370 g/mol. The van der Waals surface area contributed by atoms with Gasteiger partial charge in [-0.25, -0.2) is 4.68 Å². The van der Waals surface area contributed by atoms with Crippen LogP contribution in [0.1, 0.15) is 46.2 Å². The fraction of sp³-hybridized carbons (Fsp3) is 0.842. The quantitative estimate of drug-likeness (QED) is 0.417. The van der Waals surface area contributed by atoms with Crippen LogP contribution in [0.5, 0.6) is 0 Å². The minimum Gasteiger partial charge on any atom is -0.379 e. The van der Waals surface area contributed by atoms with Crippen molar-refractivity contribution in [3.05, 3.63) is 11.9 Å². The number of rotatable bonds is 16. The van der Waals surface area contributed by atoms with Crippen molar-refractivity contribution < 1.29 is 19.0 Å². The van der Waals surface area contributed by atoms with Gasteiger partial charge in [-0.3, -0.25) is 4.79 Å². The monoisotopic (exact) mass is 369 g/mol. The zero-order valence-corrected chi connectivity index (χ0v) is 16.8. The van der Waals surface area contributed by atoms with Crippen LogP contribution in [0.2, 0.25) is 0 Å². The highest BCUT2D eigenvalue weighted by Gasteiger charge is 2.09. The number of ether oxygens (including phenoxy) is 3. The first-order chi connectivity index (χ1) is 12.5. The zero-order valence-electron chi connectivity index (χ0n) is 16.8. The van der Waals surface area contributed by atoms with Gasteiger partial charge in [0, 0.05) is 44.8 Å². The Hall–Kier alpha value is -1.31. The maximum absolute atomic E-state index is 11.6. The second-order valence-corrected chi connectivity index (χ2v) is 7.14. The predicted octanol–water partition coefficient (Wildman–Crippen LogP) is 2.53. The van der Waals surface area contributed by atoms with E-state index >= 15 is 0 Å². The third kappa shape index (κ3) is 11.3. The van der Waals surface area contributed by atoms with E-state index in [9.17, 15) is 4.79 Å². The van der Waals surface area contributed by atoms with E-state index in [0.29, 0.717) is 58.3 Å². The minimum absolute atomic E-state index is 0.0787. The van der Waals surface area contributed by atoms with E-state index in [1.807, 2.05) is 20.0 Å². The summed E-state index contributed by atoms with van der Waals surface area (Å²) >= 11 is 0. The fourth-order valence-electron chi connectivity index (χ4n) is 2.16. The average Bonchev–Trinajstić information content (AvgIpc) is 3.05. The Morgan fingerprint density at radius 2 is 1.73 bits per heavy atom. The van der Waals surface area contributed by atoms with Gasteiger partial charge in [-0.1, -0.05) is 32.9 Å². The number of carbonyl (C=O) groups is 1. The number of aromatic nitrogens is 3. The number of hydrogen-bond acceptors (Lipinski definition) is 6. The van der Waals surface area contributed by atoms with Crippen molar-refractivity contribution in [2.75, 3.05) is 39.6 Å². The van der Waals surface area contributed by atoms with E-state index in [4.69, 9.17) is 14.2 Å². The molecule has 0 saturated carbocycles. The summed E-state index contributed by atoms with van der Waals surface area (Å²) in [7, 11) is 0. The molecule has 1 aromatic rings. The molecule has 1 rings (SSSR count). The molecule has 1 heterocycles. The first-order valence-corrected chi connectivity index (χ1v) is 9.64. The Balaban J connectivity index is 1.96. The lowest BCUT2D eigenvalue weighted by molar-refractivity contribution is -0.121. The maximum atomic E-state index is 11.6. The lowest BCUT2D eigenvalue weighted by atomic mass is 10.0. The third-order valence-corrected chi connectivity index (χ3v) is 3.72. The van der Waals surface area contributed by atoms with Crippen molar-refractivity contribution in [1.82, 2.24) is 15.0 Å². The van der Waals surface area contributed by atoms with E-state index in [0.717, 1.165) is 18.7 Å². The molecule has 26 heavy (non-hydrogen) atoms. The molecule has 0 atom stereocenters. The number of Topliss-reactive ketones (excluding diaryl/α,β-unsaturated/α-hetero) is 1. The van der Waals surface area contributed by atoms with E-state index in [1.165, 1.54) is 0 Å². The van der Waals surface area contributed by atoms with Gasteiger partial charge in [0.05, 0.1) is 32.1 Å². The number of aryl methyl sites for hydroxylation is 1. The van der Waals surface area contributed by atoms with Gasteiger partial charge >= 0.3 is 0 Å². The van der Waals surface area contributed by atoms with Crippen molar-refractivity contribution in [2.24, 2.45) is 11.8 Å². The minimum atomic E-state index is 0.0787. The van der Waals surface area contributed by atoms with E-state index in [2.05, 4.69) is 24.2 Å². The van der Waals surface area contributed by atoms with Gasteiger partial charge < -0.3 is 14.2 Å². The number of carbonyl (C=O) groups excluding carboxylic acids is 1. The molecule has 0 spiro atoms. The second-order valence-electron chi connectivity index (χ2n) is 7.14. The molecule has 0 aliphatic heterocycles. The standard InChI is InChI=1S/C19H35N3O4/c1-16(2)15-26-13-12-25-10-5-9-24-11-8-22-14-18(20-21-22)6-7-19(23)17(3)4/h14,16-17H,5-13,15H2,1-4H3. The lowest BCUT2D eigenvalue weighted by Crippen LogP contribution is -2.11. The first-order valence-electron chi connectivity index (χ1n) is 9.64. The van der Waals surface area contributed by atoms with Crippen LogP contribution < -0.4 is 0 Å². The van der Waals surface area contributed by atoms with Gasteiger partial charge in [-0.05, 0) is 12.3 Å². The Morgan fingerprint density at radius 3 is 2.42 bits per heavy atom. The Morgan fingerprint density at radius 1 is 1.04 bits per heavy atom. The van der Waals surface area contributed by atoms with Crippen molar-refractivity contribution in [2.45, 2.75) is 53.5 Å². The van der Waals surface area contributed by atoms with Gasteiger partial charge in [0.15, 0.2) is 0 Å². The molecule has 150 valence electrons. The van der Waals surface area contributed by atoms with Crippen LogP contribution in [0.4, 0.5) is 0 Å². The van der Waals surface area contributed by atoms with Crippen LogP contribution in [0.25, 0.3) is 0 Å². The summed E-state index contributed by atoms with van der Waals surface area (Å²) in [6.45, 7) is 12.8. The molecule has 0 unspecified atom stereocenters. The summed E-state index contributed by atoms with van der Waals surface area (Å²) in [4.78, 5) is 11.6. The van der Waals surface area contributed by atoms with Gasteiger partial charge in [-0.15, -0.1) is 5.10 Å². The maximum Gasteiger partial charge on any atom is 0.135 e. The molecule has 0 saturated heterocycles. The Labute approximate surface area is 157 Å². The molecule has 0 N–H and O–H groups in total. The van der Waals surface area contributed by atoms with Crippen molar-refractivity contribution >= 4 is 5.78 Å². The van der Waals surface area contributed by atoms with Crippen LogP contribution in [0.15, 0.2) is 6.20 Å². The number of ketones is 1. The van der Waals surface area contributed by atoms with Crippen LogP contribution >= 0.6 is 0 Å². The smallest absolute Gasteiger partial charge is 0.135 e. The summed E-state index contributed by atoms with van der Waals surface area (Å²) in [5.74, 6) is 0.901. The van der Waals surface area contributed by atoms with Crippen molar-refractivity contribution in [1.29, 1.82) is 0 Å². The topological polar surface area (TPSA) is 75.5 Å². The SMILES string of the molecule is CC(C)COCCOCCCOCCn1cc(CCC(=O)C(C)C)nn1. The molecule has 7 nitrogen and oxygen atoms in total. The number of hydrogen-bond donors (Lipinski definition) is 0. The molecule has 0 bridgehead atoms. The summed E-state index contributed by atoms with van der Waals surface area (Å²) in [5.41, 5.74) is 0.854. The van der Waals surface area contributed by atoms with Crippen molar-refractivity contribution in [3.63, 3.8) is 0 Å². The summed E-state index contributed by atoms with van der Waals surface area (Å²) in [5, 5.41) is 8.16. The normalized spacial score (nSPS) is 11.6. The van der Waals surface area contributed by atoms with Gasteiger partial charge in [0.1, 0.15) is 5.78 Å². The molecule has 7 heteroatoms. The third-order valence-electron chi connectivity index (χ3n) is 3.72. The van der Waals surface area contributed by atoms with Gasteiger partial charge in [0.25, 0.3) is 0 Å². The van der Waals surface area contributed by atoms with Crippen LogP contribution in [0, 0.1) is 11.8 Å². The fourth-order valence-corrected chi connectivity index (χ4v) is 2.16. The Kier molecular flexibility index (Phi) is 12.1. The Bertz CT molecular complexity index is 489. The largest absolute Gasteiger partial charge is 0.379 e. The van der Waals surface area contributed by atoms with E-state index < -0.39 is 0 Å². The first kappa shape index (κ1) is 22.7. The summed E-state index contributed by atoms with van der Waals surface area (Å²) < 4.78 is 18.3. The molecule has 1 aromatic heterocycles. The van der Waals surface area contributed by atoms with Crippen molar-refractivity contribution in [3.8, 4) is 0 Å². The molecule has 0 amide bonds. The van der Waals surface area contributed by atoms with E-state index in [1.54, 1.807) is 4.68 Å². The molecule has 0 aromatic carbocycles. The second kappa shape index (κ2) is 13.8. The predicted molar refractivity (Wildman–Crippen MR) is 100 cm³/mol. The van der Waals surface area contributed by atoms with E-state index in [-0.39, 0.29) is 11.7 Å². The molecular weight excluding hydrogens is 334 g/mol. The lowest BCUT2D eigenvalue weighted by Gasteiger charge is -2.08. The zero-order chi connectivity index (χ0) is 19.2. The highest BCUT2D eigenvalue weighted by Crippen LogP contribution is 2.04. The highest BCUT2D eigenvalue weighted by molar-refractivity contribution is 5.80. The molecule has 0 aliphatic carbocycles. The number of nitrogens with zero attached hydrogens (tertiary/aromatic N) is 3. The van der Waals surface area contributed by atoms with Crippen LogP contribution in [-0.2, 0) is 32.0 Å². The summed E-state index contributed by atoms with van der Waals surface area (Å²) in [6.07, 6.45) is 3.92.